The van der Waals surface area contributed by atoms with Crippen molar-refractivity contribution in [1.82, 2.24) is 19.3 Å². The molecule has 156 valence electrons. The Morgan fingerprint density at radius 1 is 1.27 bits per heavy atom. The minimum absolute atomic E-state index is 0.133. The number of anilines is 1. The number of halogens is 1. The molecule has 0 saturated heterocycles. The van der Waals surface area contributed by atoms with E-state index in [0.717, 1.165) is 17.5 Å². The molecule has 0 bridgehead atoms. The molecule has 0 fully saturated rings. The van der Waals surface area contributed by atoms with E-state index in [4.69, 9.17) is 0 Å². The molecule has 0 saturated carbocycles. The number of fused-ring (bicyclic) bond motifs is 1. The quantitative estimate of drug-likeness (QED) is 0.600. The second kappa shape index (κ2) is 8.12. The molecule has 1 aliphatic carbocycles. The number of benzene rings is 1. The molecule has 2 aromatic heterocycles. The highest BCUT2D eigenvalue weighted by atomic mass is 32.2. The average Bonchev–Trinajstić information content (AvgIpc) is 3.40. The lowest BCUT2D eigenvalue weighted by Crippen LogP contribution is -2.35. The summed E-state index contributed by atoms with van der Waals surface area (Å²) in [6, 6.07) is 5.72. The number of carbonyl (C=O) groups excluding carboxylic acids is 1. The summed E-state index contributed by atoms with van der Waals surface area (Å²) in [7, 11) is 0.400. The fourth-order valence-corrected chi connectivity index (χ4v) is 4.99. The van der Waals surface area contributed by atoms with Crippen LogP contribution in [0.15, 0.2) is 52.2 Å². The van der Waals surface area contributed by atoms with Crippen molar-refractivity contribution in [3.05, 3.63) is 59.8 Å². The van der Waals surface area contributed by atoms with Crippen LogP contribution in [-0.2, 0) is 22.8 Å². The van der Waals surface area contributed by atoms with Crippen molar-refractivity contribution in [2.24, 2.45) is 4.36 Å². The topological polar surface area (TPSA) is 101 Å². The number of rotatable bonds is 4. The maximum Gasteiger partial charge on any atom is 0.332 e. The summed E-state index contributed by atoms with van der Waals surface area (Å²) in [5.74, 6) is -0.293. The molecule has 2 amide bonds. The van der Waals surface area contributed by atoms with Gasteiger partial charge in [0.15, 0.2) is 14.9 Å². The van der Waals surface area contributed by atoms with E-state index in [1.165, 1.54) is 23.6 Å². The molecular weight excluding hydrogens is 426 g/mol. The lowest BCUT2D eigenvalue weighted by atomic mass is 9.97. The van der Waals surface area contributed by atoms with Crippen molar-refractivity contribution in [3.63, 3.8) is 0 Å². The number of nitrogens with one attached hydrogen (secondary N) is 2. The minimum atomic E-state index is -3.27. The lowest BCUT2D eigenvalue weighted by molar-refractivity contribution is 0.256. The van der Waals surface area contributed by atoms with Crippen LogP contribution in [0.4, 0.5) is 14.9 Å². The number of pyridine rings is 1. The smallest absolute Gasteiger partial charge is 0.306 e. The van der Waals surface area contributed by atoms with Gasteiger partial charge in [0.2, 0.25) is 0 Å². The van der Waals surface area contributed by atoms with Crippen LogP contribution in [0.5, 0.6) is 0 Å². The molecule has 1 aliphatic rings. The van der Waals surface area contributed by atoms with E-state index in [-0.39, 0.29) is 10.8 Å². The third kappa shape index (κ3) is 3.80. The minimum Gasteiger partial charge on any atom is -0.306 e. The first kappa shape index (κ1) is 20.4. The zero-order chi connectivity index (χ0) is 21.3. The van der Waals surface area contributed by atoms with Crippen LogP contribution in [0.2, 0.25) is 0 Å². The van der Waals surface area contributed by atoms with Gasteiger partial charge in [0.1, 0.15) is 5.82 Å². The summed E-state index contributed by atoms with van der Waals surface area (Å²) in [5, 5.41) is 6.98. The van der Waals surface area contributed by atoms with E-state index in [1.807, 2.05) is 0 Å². The normalized spacial score (nSPS) is 14.6. The summed E-state index contributed by atoms with van der Waals surface area (Å²) in [4.78, 5) is 16.8. The maximum absolute atomic E-state index is 14.7. The summed E-state index contributed by atoms with van der Waals surface area (Å²) in [6.07, 6.45) is 6.85. The molecule has 0 radical (unpaired) electrons. The first-order valence-electron chi connectivity index (χ1n) is 9.20. The maximum atomic E-state index is 14.7. The Morgan fingerprint density at radius 2 is 2.00 bits per heavy atom. The Labute approximate surface area is 175 Å². The Kier molecular flexibility index (Phi) is 5.53. The Hall–Kier alpha value is -2.84. The molecule has 2 atom stereocenters. The lowest BCUT2D eigenvalue weighted by Gasteiger charge is -2.18. The number of aromatic nitrogens is 3. The number of hydrogen-bond acceptors (Lipinski definition) is 5. The van der Waals surface area contributed by atoms with Crippen molar-refractivity contribution in [2.45, 2.75) is 24.3 Å². The van der Waals surface area contributed by atoms with Gasteiger partial charge in [-0.15, -0.1) is 0 Å². The van der Waals surface area contributed by atoms with E-state index >= 15 is 0 Å². The number of urea groups is 1. The molecule has 2 unspecified atom stereocenters. The molecule has 11 heteroatoms. The summed E-state index contributed by atoms with van der Waals surface area (Å²) in [5.41, 5.74) is 3.12. The van der Waals surface area contributed by atoms with Crippen LogP contribution >= 0.6 is 9.39 Å². The van der Waals surface area contributed by atoms with Gasteiger partial charge >= 0.3 is 6.03 Å². The predicted molar refractivity (Wildman–Crippen MR) is 116 cm³/mol. The highest BCUT2D eigenvalue weighted by Gasteiger charge is 2.25. The Morgan fingerprint density at radius 3 is 2.67 bits per heavy atom. The fraction of sp³-hybridized carbons (Fsp3) is 0.211. The van der Waals surface area contributed by atoms with Crippen LogP contribution in [0.3, 0.4) is 0 Å². The summed E-state index contributed by atoms with van der Waals surface area (Å²) < 4.78 is 35.5. The zero-order valence-electron chi connectivity index (χ0n) is 16.1. The second-order valence-electron chi connectivity index (χ2n) is 6.73. The van der Waals surface area contributed by atoms with E-state index in [0.29, 0.717) is 29.7 Å². The van der Waals surface area contributed by atoms with Gasteiger partial charge in [-0.25, -0.2) is 22.5 Å². The molecular formula is C19H20FN6O2PS. The third-order valence-electron chi connectivity index (χ3n) is 4.93. The van der Waals surface area contributed by atoms with Crippen molar-refractivity contribution < 1.29 is 13.4 Å². The average molecular weight is 446 g/mol. The second-order valence-corrected chi connectivity index (χ2v) is 9.29. The molecule has 0 aliphatic heterocycles. The third-order valence-corrected chi connectivity index (χ3v) is 6.98. The molecule has 1 aromatic carbocycles. The van der Waals surface area contributed by atoms with Gasteiger partial charge in [-0.1, -0.05) is 0 Å². The van der Waals surface area contributed by atoms with Gasteiger partial charge in [-0.3, -0.25) is 9.44 Å². The molecule has 2 heterocycles. The highest BCUT2D eigenvalue weighted by molar-refractivity contribution is 7.92. The molecule has 30 heavy (non-hydrogen) atoms. The largest absolute Gasteiger partial charge is 0.332 e. The van der Waals surface area contributed by atoms with Gasteiger partial charge in [0.25, 0.3) is 0 Å². The van der Waals surface area contributed by atoms with Crippen molar-refractivity contribution in [1.29, 1.82) is 0 Å². The van der Waals surface area contributed by atoms with Crippen molar-refractivity contribution in [3.8, 4) is 11.1 Å². The van der Waals surface area contributed by atoms with Crippen LogP contribution in [0.1, 0.15) is 17.5 Å². The molecule has 3 aromatic rings. The van der Waals surface area contributed by atoms with E-state index in [2.05, 4.69) is 33.9 Å². The number of hydrogen-bond donors (Lipinski definition) is 2. The first-order chi connectivity index (χ1) is 14.4. The molecule has 4 rings (SSSR count). The van der Waals surface area contributed by atoms with E-state index in [1.54, 1.807) is 30.7 Å². The zero-order valence-corrected chi connectivity index (χ0v) is 18.1. The van der Waals surface area contributed by atoms with E-state index < -0.39 is 15.9 Å². The van der Waals surface area contributed by atoms with Gasteiger partial charge < -0.3 is 5.32 Å². The molecule has 2 N–H and O–H groups in total. The number of carbonyl (C=O) groups is 1. The van der Waals surface area contributed by atoms with Gasteiger partial charge in [-0.2, -0.15) is 5.10 Å². The standard InChI is InChI=1S/C19H20FN6O2PS/c1-21-30(28,17-7-10-26(29)24-17)25-19(27)23-18-14-4-2-3-13(14)16(20)11-15(18)12-5-8-22-9-6-12/h5-11H,2-4,29H2,1H3,(H2,21,23,25,27,28). The first-order valence-corrected chi connectivity index (χ1v) is 11.2. The van der Waals surface area contributed by atoms with Crippen LogP contribution in [0, 0.1) is 5.82 Å². The van der Waals surface area contributed by atoms with Crippen LogP contribution in [-0.4, -0.2) is 31.8 Å². The summed E-state index contributed by atoms with van der Waals surface area (Å²) >= 11 is 0. The van der Waals surface area contributed by atoms with Crippen LogP contribution < -0.4 is 10.0 Å². The SMILES string of the molecule is CN=S(=O)(NC(=O)Nc1c(-c2ccncc2)cc(F)c2c1CCC2)c1ccn(P)n1. The van der Waals surface area contributed by atoms with Crippen molar-refractivity contribution >= 4 is 31.0 Å². The van der Waals surface area contributed by atoms with Gasteiger partial charge in [-0.05, 0) is 69.6 Å². The fourth-order valence-electron chi connectivity index (χ4n) is 3.56. The number of amides is 2. The summed E-state index contributed by atoms with van der Waals surface area (Å²) in [6.45, 7) is 0. The molecule has 0 spiro atoms. The van der Waals surface area contributed by atoms with Crippen molar-refractivity contribution in [2.75, 3.05) is 12.4 Å². The number of nitrogens with zero attached hydrogens (tertiary/aromatic N) is 4. The van der Waals surface area contributed by atoms with Gasteiger partial charge in [0.05, 0.1) is 5.69 Å². The highest BCUT2D eigenvalue weighted by Crippen LogP contribution is 2.39. The predicted octanol–water partition coefficient (Wildman–Crippen LogP) is 3.40. The van der Waals surface area contributed by atoms with Gasteiger partial charge in [0, 0.05) is 31.2 Å². The Balaban J connectivity index is 1.72. The molecule has 8 nitrogen and oxygen atoms in total. The monoisotopic (exact) mass is 446 g/mol. The van der Waals surface area contributed by atoms with Crippen LogP contribution in [0.25, 0.3) is 11.1 Å². The Bertz CT molecular complexity index is 1240. The van der Waals surface area contributed by atoms with E-state index in [9.17, 15) is 13.4 Å².